The molecule has 0 aromatic heterocycles. The van der Waals surface area contributed by atoms with Crippen molar-refractivity contribution >= 4 is 56.4 Å². The number of nitrogens with zero attached hydrogens (tertiary/aromatic N) is 3. The molecule has 11 nitrogen and oxygen atoms in total. The predicted octanol–water partition coefficient (Wildman–Crippen LogP) is 4.97. The summed E-state index contributed by atoms with van der Waals surface area (Å²) < 4.78 is 34.0. The molecule has 0 radical (unpaired) electrons. The van der Waals surface area contributed by atoms with Gasteiger partial charge in [-0.25, -0.2) is 8.42 Å². The number of methoxy groups -OCH3 is 1. The molecule has 0 saturated carbocycles. The lowest BCUT2D eigenvalue weighted by atomic mass is 10.1. The monoisotopic (exact) mass is 636 g/mol. The van der Waals surface area contributed by atoms with Crippen molar-refractivity contribution in [2.45, 2.75) is 38.3 Å². The number of benzene rings is 3. The molecule has 1 atom stereocenters. The lowest BCUT2D eigenvalue weighted by Crippen LogP contribution is -2.51. The normalized spacial score (nSPS) is 11.9. The molecule has 0 unspecified atom stereocenters. The van der Waals surface area contributed by atoms with Crippen molar-refractivity contribution in [1.82, 2.24) is 10.2 Å². The first-order chi connectivity index (χ1) is 19.8. The maximum absolute atomic E-state index is 14.0. The summed E-state index contributed by atoms with van der Waals surface area (Å²) in [6.07, 6.45) is 0. The standard InChI is InChI=1S/C28H30Cl2N4O7S/c1-5-31-28(36)19(3)32(16-20-7-13-24(29)25(30)14-20)27(35)17-33(21-8-10-22(41-4)11-9-21)42(39,40)23-12-6-18(2)26(15-23)34(37)38/h6-15,19H,5,16-17H2,1-4H3,(H,31,36)/t19-/m1/s1. The van der Waals surface area contributed by atoms with E-state index in [1.165, 1.54) is 62.3 Å². The van der Waals surface area contributed by atoms with Crippen molar-refractivity contribution in [3.63, 3.8) is 0 Å². The van der Waals surface area contributed by atoms with Gasteiger partial charge in [0.15, 0.2) is 0 Å². The molecule has 14 heteroatoms. The Kier molecular flexibility index (Phi) is 10.8. The number of nitrogens with one attached hydrogen (secondary N) is 1. The quantitative estimate of drug-likeness (QED) is 0.219. The summed E-state index contributed by atoms with van der Waals surface area (Å²) >= 11 is 12.2. The van der Waals surface area contributed by atoms with Gasteiger partial charge in [0.25, 0.3) is 15.7 Å². The zero-order valence-electron chi connectivity index (χ0n) is 23.3. The van der Waals surface area contributed by atoms with E-state index in [-0.39, 0.29) is 33.4 Å². The zero-order chi connectivity index (χ0) is 31.2. The van der Waals surface area contributed by atoms with E-state index in [1.54, 1.807) is 25.1 Å². The zero-order valence-corrected chi connectivity index (χ0v) is 25.7. The summed E-state index contributed by atoms with van der Waals surface area (Å²) in [4.78, 5) is 38.5. The maximum atomic E-state index is 14.0. The van der Waals surface area contributed by atoms with Crippen LogP contribution in [0.5, 0.6) is 5.75 Å². The molecular weight excluding hydrogens is 607 g/mol. The van der Waals surface area contributed by atoms with Gasteiger partial charge in [-0.1, -0.05) is 35.3 Å². The number of anilines is 1. The van der Waals surface area contributed by atoms with Crippen LogP contribution in [0.25, 0.3) is 0 Å². The number of nitro groups is 1. The van der Waals surface area contributed by atoms with E-state index in [1.807, 2.05) is 0 Å². The highest BCUT2D eigenvalue weighted by atomic mass is 35.5. The van der Waals surface area contributed by atoms with E-state index >= 15 is 0 Å². The van der Waals surface area contributed by atoms with Crippen molar-refractivity contribution in [2.75, 3.05) is 24.5 Å². The molecule has 3 aromatic rings. The first kappa shape index (κ1) is 32.6. The lowest BCUT2D eigenvalue weighted by Gasteiger charge is -2.32. The highest BCUT2D eigenvalue weighted by Gasteiger charge is 2.33. The van der Waals surface area contributed by atoms with E-state index in [4.69, 9.17) is 27.9 Å². The molecule has 3 rings (SSSR count). The minimum atomic E-state index is -4.51. The number of amides is 2. The summed E-state index contributed by atoms with van der Waals surface area (Å²) in [5.41, 5.74) is 0.548. The number of hydrogen-bond donors (Lipinski definition) is 1. The van der Waals surface area contributed by atoms with Crippen LogP contribution in [0.3, 0.4) is 0 Å². The average molecular weight is 638 g/mol. The second-order valence-corrected chi connectivity index (χ2v) is 11.9. The number of aryl methyl sites for hydroxylation is 1. The molecule has 3 aromatic carbocycles. The predicted molar refractivity (Wildman–Crippen MR) is 161 cm³/mol. The first-order valence-corrected chi connectivity index (χ1v) is 14.9. The molecule has 0 heterocycles. The largest absolute Gasteiger partial charge is 0.497 e. The number of carbonyl (C=O) groups excluding carboxylic acids is 2. The minimum absolute atomic E-state index is 0.0828. The molecular formula is C28H30Cl2N4O7S. The Morgan fingerprint density at radius 2 is 1.71 bits per heavy atom. The highest BCUT2D eigenvalue weighted by Crippen LogP contribution is 2.30. The number of sulfonamides is 1. The van der Waals surface area contributed by atoms with Crippen molar-refractivity contribution in [3.8, 4) is 5.75 Å². The molecule has 0 aliphatic heterocycles. The Bertz CT molecular complexity index is 1580. The second-order valence-electron chi connectivity index (χ2n) is 9.26. The fourth-order valence-corrected chi connectivity index (χ4v) is 5.85. The Hall–Kier alpha value is -3.87. The number of ether oxygens (including phenoxy) is 1. The lowest BCUT2D eigenvalue weighted by molar-refractivity contribution is -0.385. The van der Waals surface area contributed by atoms with Gasteiger partial charge < -0.3 is 15.0 Å². The van der Waals surface area contributed by atoms with Crippen LogP contribution in [0.4, 0.5) is 11.4 Å². The number of halogens is 2. The molecule has 2 amide bonds. The van der Waals surface area contributed by atoms with Crippen LogP contribution in [0, 0.1) is 17.0 Å². The number of rotatable bonds is 12. The molecule has 0 fully saturated rings. The third-order valence-electron chi connectivity index (χ3n) is 6.46. The van der Waals surface area contributed by atoms with Crippen LogP contribution >= 0.6 is 23.2 Å². The molecule has 0 bridgehead atoms. The summed E-state index contributed by atoms with van der Waals surface area (Å²) in [5, 5.41) is 14.8. The smallest absolute Gasteiger partial charge is 0.273 e. The number of hydrogen-bond acceptors (Lipinski definition) is 7. The molecule has 0 saturated heterocycles. The van der Waals surface area contributed by atoms with Gasteiger partial charge in [-0.2, -0.15) is 0 Å². The number of carbonyl (C=O) groups is 2. The van der Waals surface area contributed by atoms with Crippen molar-refractivity contribution in [2.24, 2.45) is 0 Å². The summed E-state index contributed by atoms with van der Waals surface area (Å²) in [6.45, 7) is 4.26. The van der Waals surface area contributed by atoms with Crippen LogP contribution in [0.2, 0.25) is 10.0 Å². The molecule has 0 aliphatic carbocycles. The number of nitro benzene ring substituents is 1. The van der Waals surface area contributed by atoms with Gasteiger partial charge in [-0.05, 0) is 68.8 Å². The Morgan fingerprint density at radius 1 is 1.05 bits per heavy atom. The molecule has 224 valence electrons. The van der Waals surface area contributed by atoms with Crippen molar-refractivity contribution in [1.29, 1.82) is 0 Å². The van der Waals surface area contributed by atoms with E-state index in [0.717, 1.165) is 10.4 Å². The molecule has 42 heavy (non-hydrogen) atoms. The van der Waals surface area contributed by atoms with Crippen LogP contribution in [0.1, 0.15) is 25.0 Å². The van der Waals surface area contributed by atoms with E-state index in [0.29, 0.717) is 22.9 Å². The average Bonchev–Trinajstić information content (AvgIpc) is 2.96. The SMILES string of the molecule is CCNC(=O)[C@@H](C)N(Cc1ccc(Cl)c(Cl)c1)C(=O)CN(c1ccc(OC)cc1)S(=O)(=O)c1ccc(C)c([N+](=O)[O-])c1. The second kappa shape index (κ2) is 13.9. The Morgan fingerprint density at radius 3 is 2.29 bits per heavy atom. The van der Waals surface area contributed by atoms with Gasteiger partial charge >= 0.3 is 0 Å². The minimum Gasteiger partial charge on any atom is -0.497 e. The van der Waals surface area contributed by atoms with Crippen LogP contribution in [-0.4, -0.2) is 56.3 Å². The van der Waals surface area contributed by atoms with Gasteiger partial charge in [0.2, 0.25) is 11.8 Å². The van der Waals surface area contributed by atoms with E-state index in [9.17, 15) is 28.1 Å². The van der Waals surface area contributed by atoms with Crippen molar-refractivity contribution < 1.29 is 27.7 Å². The van der Waals surface area contributed by atoms with E-state index in [2.05, 4.69) is 5.32 Å². The topological polar surface area (TPSA) is 139 Å². The summed E-state index contributed by atoms with van der Waals surface area (Å²) in [5.74, 6) is -0.709. The summed E-state index contributed by atoms with van der Waals surface area (Å²) in [7, 11) is -3.07. The van der Waals surface area contributed by atoms with Crippen molar-refractivity contribution in [3.05, 3.63) is 92.0 Å². The molecule has 0 aliphatic rings. The van der Waals surface area contributed by atoms with Crippen LogP contribution < -0.4 is 14.4 Å². The molecule has 1 N–H and O–H groups in total. The van der Waals surface area contributed by atoms with Crippen LogP contribution in [-0.2, 0) is 26.2 Å². The molecule has 0 spiro atoms. The van der Waals surface area contributed by atoms with Gasteiger partial charge in [-0.15, -0.1) is 0 Å². The van der Waals surface area contributed by atoms with Gasteiger partial charge in [0.1, 0.15) is 18.3 Å². The van der Waals surface area contributed by atoms with Gasteiger partial charge in [-0.3, -0.25) is 24.0 Å². The van der Waals surface area contributed by atoms with Gasteiger partial charge in [0, 0.05) is 24.7 Å². The first-order valence-electron chi connectivity index (χ1n) is 12.7. The number of likely N-dealkylation sites (N-methyl/N-ethyl adjacent to an activating group) is 1. The fourth-order valence-electron chi connectivity index (χ4n) is 4.09. The third-order valence-corrected chi connectivity index (χ3v) is 8.97. The summed E-state index contributed by atoms with van der Waals surface area (Å²) in [6, 6.07) is 13.2. The fraction of sp³-hybridized carbons (Fsp3) is 0.286. The van der Waals surface area contributed by atoms with E-state index < -0.39 is 39.3 Å². The van der Waals surface area contributed by atoms with Gasteiger partial charge in [0.05, 0.1) is 32.7 Å². The van der Waals surface area contributed by atoms with Crippen LogP contribution in [0.15, 0.2) is 65.6 Å². The Labute approximate surface area is 254 Å². The third kappa shape index (κ3) is 7.50. The highest BCUT2D eigenvalue weighted by molar-refractivity contribution is 7.92. The Balaban J connectivity index is 2.10. The maximum Gasteiger partial charge on any atom is 0.273 e.